The predicted molar refractivity (Wildman–Crippen MR) is 83.7 cm³/mol. The molecule has 2 aromatic heterocycles. The van der Waals surface area contributed by atoms with E-state index in [4.69, 9.17) is 11.6 Å². The Morgan fingerprint density at radius 3 is 2.67 bits per heavy atom. The van der Waals surface area contributed by atoms with E-state index in [9.17, 15) is 0 Å². The number of benzene rings is 1. The number of hydrogen-bond donors (Lipinski definition) is 0. The van der Waals surface area contributed by atoms with Gasteiger partial charge in [-0.05, 0) is 29.3 Å². The van der Waals surface area contributed by atoms with E-state index in [0.717, 1.165) is 16.5 Å². The minimum absolute atomic E-state index is 0.210. The van der Waals surface area contributed by atoms with Crippen LogP contribution < -0.4 is 4.90 Å². The van der Waals surface area contributed by atoms with E-state index in [1.807, 2.05) is 49.3 Å². The lowest BCUT2D eigenvalue weighted by Crippen LogP contribution is -2.15. The summed E-state index contributed by atoms with van der Waals surface area (Å²) in [5.41, 5.74) is 2.08. The van der Waals surface area contributed by atoms with Gasteiger partial charge in [0.2, 0.25) is 11.2 Å². The van der Waals surface area contributed by atoms with Crippen LogP contribution in [-0.4, -0.2) is 34.0 Å². The molecule has 21 heavy (non-hydrogen) atoms. The maximum atomic E-state index is 5.98. The summed E-state index contributed by atoms with van der Waals surface area (Å²) < 4.78 is 0. The Balaban J connectivity index is 2.03. The molecule has 0 atom stereocenters. The van der Waals surface area contributed by atoms with Gasteiger partial charge in [0, 0.05) is 32.1 Å². The Morgan fingerprint density at radius 2 is 1.86 bits per heavy atom. The van der Waals surface area contributed by atoms with Crippen LogP contribution in [-0.2, 0) is 6.42 Å². The van der Waals surface area contributed by atoms with E-state index in [-0.39, 0.29) is 5.28 Å². The first-order valence-electron chi connectivity index (χ1n) is 6.54. The largest absolute Gasteiger partial charge is 0.347 e. The van der Waals surface area contributed by atoms with Gasteiger partial charge in [-0.2, -0.15) is 9.97 Å². The third-order valence-corrected chi connectivity index (χ3v) is 3.30. The van der Waals surface area contributed by atoms with Crippen molar-refractivity contribution in [3.63, 3.8) is 0 Å². The molecule has 0 bridgehead atoms. The summed E-state index contributed by atoms with van der Waals surface area (Å²) in [5, 5.41) is 1.31. The minimum Gasteiger partial charge on any atom is -0.347 e. The first kappa shape index (κ1) is 13.7. The first-order valence-corrected chi connectivity index (χ1v) is 6.91. The highest BCUT2D eigenvalue weighted by Crippen LogP contribution is 2.19. The summed E-state index contributed by atoms with van der Waals surface area (Å²) in [6, 6.07) is 10.00. The summed E-state index contributed by atoms with van der Waals surface area (Å²) in [7, 11) is 3.74. The molecule has 3 aromatic rings. The van der Waals surface area contributed by atoms with E-state index in [1.165, 1.54) is 0 Å². The van der Waals surface area contributed by atoms with Crippen molar-refractivity contribution in [1.29, 1.82) is 0 Å². The van der Waals surface area contributed by atoms with Gasteiger partial charge in [-0.3, -0.25) is 4.98 Å². The second kappa shape index (κ2) is 5.61. The van der Waals surface area contributed by atoms with Crippen LogP contribution in [0.2, 0.25) is 5.28 Å². The van der Waals surface area contributed by atoms with Crippen molar-refractivity contribution in [2.75, 3.05) is 19.0 Å². The molecular weight excluding hydrogens is 286 g/mol. The van der Waals surface area contributed by atoms with Crippen LogP contribution in [0, 0.1) is 0 Å². The second-order valence-corrected chi connectivity index (χ2v) is 5.22. The maximum Gasteiger partial charge on any atom is 0.229 e. The molecular formula is C15H14ClN5. The number of hydrogen-bond acceptors (Lipinski definition) is 5. The van der Waals surface area contributed by atoms with E-state index < -0.39 is 0 Å². The zero-order chi connectivity index (χ0) is 14.8. The Kier molecular flexibility index (Phi) is 3.66. The van der Waals surface area contributed by atoms with Gasteiger partial charge in [-0.1, -0.05) is 18.2 Å². The lowest BCUT2D eigenvalue weighted by molar-refractivity contribution is 0.885. The highest BCUT2D eigenvalue weighted by atomic mass is 35.5. The van der Waals surface area contributed by atoms with Crippen LogP contribution in [0.3, 0.4) is 0 Å². The molecule has 0 aliphatic carbocycles. The Morgan fingerprint density at radius 1 is 1.05 bits per heavy atom. The molecule has 0 amide bonds. The van der Waals surface area contributed by atoms with E-state index >= 15 is 0 Å². The molecule has 106 valence electrons. The molecule has 0 N–H and O–H groups in total. The number of rotatable bonds is 3. The highest BCUT2D eigenvalue weighted by molar-refractivity contribution is 6.28. The van der Waals surface area contributed by atoms with Crippen LogP contribution in [0.5, 0.6) is 0 Å². The zero-order valence-electron chi connectivity index (χ0n) is 11.8. The molecule has 0 unspecified atom stereocenters. The maximum absolute atomic E-state index is 5.98. The van der Waals surface area contributed by atoms with Crippen molar-refractivity contribution in [3.8, 4) is 0 Å². The van der Waals surface area contributed by atoms with Crippen molar-refractivity contribution in [3.05, 3.63) is 53.2 Å². The molecule has 0 radical (unpaired) electrons. The van der Waals surface area contributed by atoms with Crippen LogP contribution in [0.1, 0.15) is 11.4 Å². The Labute approximate surface area is 127 Å². The zero-order valence-corrected chi connectivity index (χ0v) is 12.5. The van der Waals surface area contributed by atoms with Gasteiger partial charge in [-0.15, -0.1) is 0 Å². The standard InChI is InChI=1S/C15H14ClN5/c1-21(2)15-19-13(18-14(16)20-15)9-10-7-8-17-12-6-4-3-5-11(10)12/h3-8H,9H2,1-2H3. The smallest absolute Gasteiger partial charge is 0.229 e. The number of pyridine rings is 1. The lowest BCUT2D eigenvalue weighted by Gasteiger charge is -2.11. The van der Waals surface area contributed by atoms with Crippen molar-refractivity contribution in [2.45, 2.75) is 6.42 Å². The topological polar surface area (TPSA) is 54.8 Å². The molecule has 0 spiro atoms. The summed E-state index contributed by atoms with van der Waals surface area (Å²) in [6.07, 6.45) is 2.39. The van der Waals surface area contributed by atoms with Crippen LogP contribution in [0.25, 0.3) is 10.9 Å². The quantitative estimate of drug-likeness (QED) is 0.744. The molecule has 3 rings (SSSR count). The van der Waals surface area contributed by atoms with Gasteiger partial charge in [0.05, 0.1) is 5.52 Å². The molecule has 0 aliphatic rings. The molecule has 0 saturated heterocycles. The number of aromatic nitrogens is 4. The molecule has 2 heterocycles. The van der Waals surface area contributed by atoms with Crippen LogP contribution >= 0.6 is 11.6 Å². The number of fused-ring (bicyclic) bond motifs is 1. The van der Waals surface area contributed by atoms with E-state index in [2.05, 4.69) is 19.9 Å². The summed E-state index contributed by atoms with van der Waals surface area (Å²) in [5.74, 6) is 1.21. The first-order chi connectivity index (χ1) is 10.1. The highest BCUT2D eigenvalue weighted by Gasteiger charge is 2.09. The van der Waals surface area contributed by atoms with Crippen molar-refractivity contribution >= 4 is 28.5 Å². The van der Waals surface area contributed by atoms with Crippen molar-refractivity contribution in [1.82, 2.24) is 19.9 Å². The molecule has 1 aromatic carbocycles. The van der Waals surface area contributed by atoms with Gasteiger partial charge < -0.3 is 4.90 Å². The summed E-state index contributed by atoms with van der Waals surface area (Å²) in [6.45, 7) is 0. The second-order valence-electron chi connectivity index (χ2n) is 4.88. The fourth-order valence-corrected chi connectivity index (χ4v) is 2.31. The fourth-order valence-electron chi connectivity index (χ4n) is 2.14. The van der Waals surface area contributed by atoms with Gasteiger partial charge in [-0.25, -0.2) is 4.98 Å². The molecule has 0 aliphatic heterocycles. The molecule has 5 nitrogen and oxygen atoms in total. The monoisotopic (exact) mass is 299 g/mol. The minimum atomic E-state index is 0.210. The number of nitrogens with zero attached hydrogens (tertiary/aromatic N) is 5. The Hall–Kier alpha value is -2.27. The number of para-hydroxylation sites is 1. The molecule has 6 heteroatoms. The lowest BCUT2D eigenvalue weighted by atomic mass is 10.1. The average Bonchev–Trinajstić information content (AvgIpc) is 2.47. The van der Waals surface area contributed by atoms with E-state index in [0.29, 0.717) is 18.2 Å². The van der Waals surface area contributed by atoms with Crippen molar-refractivity contribution < 1.29 is 0 Å². The summed E-state index contributed by atoms with van der Waals surface area (Å²) >= 11 is 5.98. The SMILES string of the molecule is CN(C)c1nc(Cl)nc(Cc2ccnc3ccccc23)n1. The van der Waals surface area contributed by atoms with Crippen LogP contribution in [0.4, 0.5) is 5.95 Å². The van der Waals surface area contributed by atoms with Crippen LogP contribution in [0.15, 0.2) is 36.5 Å². The fraction of sp³-hybridized carbons (Fsp3) is 0.200. The van der Waals surface area contributed by atoms with Gasteiger partial charge in [0.25, 0.3) is 0 Å². The number of halogens is 1. The third-order valence-electron chi connectivity index (χ3n) is 3.13. The van der Waals surface area contributed by atoms with E-state index in [1.54, 1.807) is 6.20 Å². The van der Waals surface area contributed by atoms with Gasteiger partial charge >= 0.3 is 0 Å². The normalized spacial score (nSPS) is 10.8. The summed E-state index contributed by atoms with van der Waals surface area (Å²) in [4.78, 5) is 18.9. The van der Waals surface area contributed by atoms with Gasteiger partial charge in [0.15, 0.2) is 0 Å². The van der Waals surface area contributed by atoms with Crippen molar-refractivity contribution in [2.24, 2.45) is 0 Å². The number of anilines is 1. The average molecular weight is 300 g/mol. The Bertz CT molecular complexity index is 783. The predicted octanol–water partition coefficient (Wildman–Crippen LogP) is 2.73. The van der Waals surface area contributed by atoms with Gasteiger partial charge in [0.1, 0.15) is 5.82 Å². The molecule has 0 fully saturated rings. The molecule has 0 saturated carbocycles. The third kappa shape index (κ3) is 2.92.